The molecule has 1 rings (SSSR count). The van der Waals surface area contributed by atoms with Crippen molar-refractivity contribution in [1.29, 1.82) is 5.26 Å². The third-order valence-electron chi connectivity index (χ3n) is 2.51. The summed E-state index contributed by atoms with van der Waals surface area (Å²) in [5.74, 6) is 0. The van der Waals surface area contributed by atoms with Gasteiger partial charge in [-0.1, -0.05) is 18.7 Å². The maximum absolute atomic E-state index is 8.55. The SMILES string of the molecule is CCCN1CCN(C(=NC#N)SC)CC1. The fourth-order valence-electron chi connectivity index (χ4n) is 1.77. The lowest BCUT2D eigenvalue weighted by molar-refractivity contribution is 0.184. The molecule has 0 saturated carbocycles. The van der Waals surface area contributed by atoms with Crippen LogP contribution in [0.5, 0.6) is 0 Å². The van der Waals surface area contributed by atoms with Crippen molar-refractivity contribution >= 4 is 16.9 Å². The van der Waals surface area contributed by atoms with Crippen molar-refractivity contribution in [3.05, 3.63) is 0 Å². The van der Waals surface area contributed by atoms with Crippen LogP contribution in [0.4, 0.5) is 0 Å². The highest BCUT2D eigenvalue weighted by Crippen LogP contribution is 2.09. The van der Waals surface area contributed by atoms with Gasteiger partial charge in [-0.05, 0) is 19.2 Å². The number of thioether (sulfide) groups is 1. The van der Waals surface area contributed by atoms with Gasteiger partial charge < -0.3 is 4.90 Å². The van der Waals surface area contributed by atoms with E-state index in [1.54, 1.807) is 11.8 Å². The molecule has 1 fully saturated rings. The summed E-state index contributed by atoms with van der Waals surface area (Å²) in [7, 11) is 0. The van der Waals surface area contributed by atoms with Crippen molar-refractivity contribution in [2.24, 2.45) is 4.99 Å². The molecule has 0 unspecified atom stereocenters. The highest BCUT2D eigenvalue weighted by atomic mass is 32.2. The molecular formula is C10H18N4S. The van der Waals surface area contributed by atoms with E-state index in [0.29, 0.717) is 0 Å². The molecule has 1 saturated heterocycles. The Bertz CT molecular complexity index is 251. The first-order valence-corrected chi connectivity index (χ1v) is 6.52. The summed E-state index contributed by atoms with van der Waals surface area (Å²) in [6, 6.07) is 0. The standard InChI is InChI=1S/C10H18N4S/c1-3-4-13-5-7-14(8-6-13)10(15-2)12-9-11/h3-8H2,1-2H3. The number of piperazine rings is 1. The van der Waals surface area contributed by atoms with Crippen molar-refractivity contribution in [2.75, 3.05) is 39.0 Å². The summed E-state index contributed by atoms with van der Waals surface area (Å²) >= 11 is 1.55. The summed E-state index contributed by atoms with van der Waals surface area (Å²) in [6.07, 6.45) is 5.04. The van der Waals surface area contributed by atoms with Gasteiger partial charge in [-0.3, -0.25) is 4.90 Å². The Hall–Kier alpha value is -0.730. The van der Waals surface area contributed by atoms with Gasteiger partial charge in [0.25, 0.3) is 0 Å². The van der Waals surface area contributed by atoms with Crippen LogP contribution in [-0.4, -0.2) is 53.9 Å². The topological polar surface area (TPSA) is 42.6 Å². The monoisotopic (exact) mass is 226 g/mol. The Kier molecular flexibility index (Phi) is 5.51. The molecule has 0 aromatic rings. The number of nitriles is 1. The number of nitrogens with zero attached hydrogens (tertiary/aromatic N) is 4. The average molecular weight is 226 g/mol. The first-order valence-electron chi connectivity index (χ1n) is 5.30. The summed E-state index contributed by atoms with van der Waals surface area (Å²) < 4.78 is 0. The number of aliphatic imine (C=N–C) groups is 1. The molecule has 0 atom stereocenters. The smallest absolute Gasteiger partial charge is 0.208 e. The second kappa shape index (κ2) is 6.70. The van der Waals surface area contributed by atoms with Crippen LogP contribution >= 0.6 is 11.8 Å². The molecule has 15 heavy (non-hydrogen) atoms. The zero-order valence-electron chi connectivity index (χ0n) is 9.44. The number of hydrogen-bond donors (Lipinski definition) is 0. The lowest BCUT2D eigenvalue weighted by Crippen LogP contribution is -2.48. The van der Waals surface area contributed by atoms with Crippen molar-refractivity contribution < 1.29 is 0 Å². The highest BCUT2D eigenvalue weighted by Gasteiger charge is 2.18. The quantitative estimate of drug-likeness (QED) is 0.403. The molecular weight excluding hydrogens is 208 g/mol. The number of amidine groups is 1. The highest BCUT2D eigenvalue weighted by molar-refractivity contribution is 8.13. The molecule has 4 nitrogen and oxygen atoms in total. The van der Waals surface area contributed by atoms with E-state index in [1.165, 1.54) is 13.0 Å². The predicted octanol–water partition coefficient (Wildman–Crippen LogP) is 1.21. The van der Waals surface area contributed by atoms with Crippen LogP contribution in [0.1, 0.15) is 13.3 Å². The Morgan fingerprint density at radius 2 is 2.07 bits per heavy atom. The van der Waals surface area contributed by atoms with Crippen LogP contribution in [-0.2, 0) is 0 Å². The van der Waals surface area contributed by atoms with E-state index >= 15 is 0 Å². The van der Waals surface area contributed by atoms with E-state index < -0.39 is 0 Å². The minimum absolute atomic E-state index is 0.855. The fourth-order valence-corrected chi connectivity index (χ4v) is 2.34. The third kappa shape index (κ3) is 3.73. The summed E-state index contributed by atoms with van der Waals surface area (Å²) in [5.41, 5.74) is 0. The van der Waals surface area contributed by atoms with Crippen molar-refractivity contribution in [3.8, 4) is 6.19 Å². The van der Waals surface area contributed by atoms with Gasteiger partial charge in [-0.15, -0.1) is 4.99 Å². The van der Waals surface area contributed by atoms with E-state index in [2.05, 4.69) is 21.7 Å². The van der Waals surface area contributed by atoms with E-state index in [0.717, 1.165) is 31.3 Å². The van der Waals surface area contributed by atoms with Crippen LogP contribution in [0.15, 0.2) is 4.99 Å². The van der Waals surface area contributed by atoms with Crippen LogP contribution in [0.2, 0.25) is 0 Å². The Balaban J connectivity index is 2.43. The molecule has 84 valence electrons. The van der Waals surface area contributed by atoms with Crippen LogP contribution in [0, 0.1) is 11.5 Å². The van der Waals surface area contributed by atoms with E-state index in [1.807, 2.05) is 12.4 Å². The Labute approximate surface area is 95.9 Å². The average Bonchev–Trinajstić information content (AvgIpc) is 2.28. The molecule has 0 spiro atoms. The predicted molar refractivity (Wildman–Crippen MR) is 64.9 cm³/mol. The van der Waals surface area contributed by atoms with Crippen LogP contribution < -0.4 is 0 Å². The van der Waals surface area contributed by atoms with Gasteiger partial charge in [0.2, 0.25) is 6.19 Å². The summed E-state index contributed by atoms with van der Waals surface area (Å²) in [4.78, 5) is 8.48. The lowest BCUT2D eigenvalue weighted by Gasteiger charge is -2.35. The Morgan fingerprint density at radius 3 is 2.53 bits per heavy atom. The molecule has 0 aromatic heterocycles. The molecule has 0 bridgehead atoms. The van der Waals surface area contributed by atoms with Gasteiger partial charge in [0, 0.05) is 26.2 Å². The molecule has 1 heterocycles. The minimum Gasteiger partial charge on any atom is -0.348 e. The first kappa shape index (κ1) is 12.3. The molecule has 1 aliphatic rings. The molecule has 0 aromatic carbocycles. The van der Waals surface area contributed by atoms with Gasteiger partial charge in [0.05, 0.1) is 0 Å². The van der Waals surface area contributed by atoms with Gasteiger partial charge in [0.15, 0.2) is 5.17 Å². The third-order valence-corrected chi connectivity index (χ3v) is 3.23. The largest absolute Gasteiger partial charge is 0.348 e. The van der Waals surface area contributed by atoms with Crippen molar-refractivity contribution in [1.82, 2.24) is 9.80 Å². The number of rotatable bonds is 2. The number of hydrogen-bond acceptors (Lipinski definition) is 4. The van der Waals surface area contributed by atoms with Crippen molar-refractivity contribution in [3.63, 3.8) is 0 Å². The molecule has 0 N–H and O–H groups in total. The molecule has 0 radical (unpaired) electrons. The van der Waals surface area contributed by atoms with Crippen LogP contribution in [0.25, 0.3) is 0 Å². The van der Waals surface area contributed by atoms with E-state index in [-0.39, 0.29) is 0 Å². The summed E-state index contributed by atoms with van der Waals surface area (Å²) in [6.45, 7) is 7.52. The van der Waals surface area contributed by atoms with E-state index in [9.17, 15) is 0 Å². The minimum atomic E-state index is 0.855. The first-order chi connectivity index (χ1) is 7.31. The molecule has 0 amide bonds. The maximum Gasteiger partial charge on any atom is 0.208 e. The van der Waals surface area contributed by atoms with Crippen molar-refractivity contribution in [2.45, 2.75) is 13.3 Å². The lowest BCUT2D eigenvalue weighted by atomic mass is 10.3. The second-order valence-electron chi connectivity index (χ2n) is 3.53. The van der Waals surface area contributed by atoms with Gasteiger partial charge in [0.1, 0.15) is 0 Å². The van der Waals surface area contributed by atoms with Gasteiger partial charge >= 0.3 is 0 Å². The zero-order valence-corrected chi connectivity index (χ0v) is 10.3. The normalized spacial score (nSPS) is 19.0. The van der Waals surface area contributed by atoms with E-state index in [4.69, 9.17) is 5.26 Å². The maximum atomic E-state index is 8.55. The van der Waals surface area contributed by atoms with Crippen LogP contribution in [0.3, 0.4) is 0 Å². The summed E-state index contributed by atoms with van der Waals surface area (Å²) in [5, 5.41) is 9.40. The zero-order chi connectivity index (χ0) is 11.1. The van der Waals surface area contributed by atoms with Gasteiger partial charge in [-0.25, -0.2) is 0 Å². The molecule has 0 aliphatic carbocycles. The molecule has 5 heteroatoms. The molecule has 1 aliphatic heterocycles. The second-order valence-corrected chi connectivity index (χ2v) is 4.30. The van der Waals surface area contributed by atoms with Gasteiger partial charge in [-0.2, -0.15) is 5.26 Å². The fraction of sp³-hybridized carbons (Fsp3) is 0.800. The Morgan fingerprint density at radius 1 is 1.40 bits per heavy atom.